The van der Waals surface area contributed by atoms with E-state index in [4.69, 9.17) is 5.73 Å². The van der Waals surface area contributed by atoms with E-state index in [1.165, 1.54) is 17.3 Å². The first kappa shape index (κ1) is 28.7. The van der Waals surface area contributed by atoms with Gasteiger partial charge in [-0.05, 0) is 61.7 Å². The fraction of sp³-hybridized carbons (Fsp3) is 0.406. The van der Waals surface area contributed by atoms with Gasteiger partial charge in [-0.1, -0.05) is 6.07 Å². The summed E-state index contributed by atoms with van der Waals surface area (Å²) in [6, 6.07) is 7.55. The Labute approximate surface area is 252 Å². The van der Waals surface area contributed by atoms with E-state index in [0.717, 1.165) is 45.1 Å². The van der Waals surface area contributed by atoms with Gasteiger partial charge in [-0.15, -0.1) is 0 Å². The second-order valence-corrected chi connectivity index (χ2v) is 12.2. The summed E-state index contributed by atoms with van der Waals surface area (Å²) < 4.78 is 59.7. The van der Waals surface area contributed by atoms with Gasteiger partial charge in [0.15, 0.2) is 0 Å². The largest absolute Gasteiger partial charge is 0.416 e. The van der Waals surface area contributed by atoms with Crippen LogP contribution in [0.1, 0.15) is 41.1 Å². The monoisotopic (exact) mass is 607 g/mol. The van der Waals surface area contributed by atoms with Gasteiger partial charge in [-0.3, -0.25) is 9.69 Å². The first-order chi connectivity index (χ1) is 21.1. The number of carbonyl (C=O) groups is 1. The minimum atomic E-state index is -4.53. The van der Waals surface area contributed by atoms with Gasteiger partial charge in [0.05, 0.1) is 17.4 Å². The second kappa shape index (κ2) is 10.8. The lowest BCUT2D eigenvalue weighted by atomic mass is 10.0. The first-order valence-electron chi connectivity index (χ1n) is 14.9. The molecule has 1 amide bonds. The van der Waals surface area contributed by atoms with Crippen molar-refractivity contribution in [3.8, 4) is 11.1 Å². The van der Waals surface area contributed by atoms with Crippen molar-refractivity contribution in [2.24, 2.45) is 0 Å². The van der Waals surface area contributed by atoms with Crippen LogP contribution < -0.4 is 10.6 Å². The summed E-state index contributed by atoms with van der Waals surface area (Å²) in [4.78, 5) is 27.8. The van der Waals surface area contributed by atoms with Crippen LogP contribution in [-0.2, 0) is 30.4 Å². The fourth-order valence-corrected chi connectivity index (χ4v) is 6.51. The van der Waals surface area contributed by atoms with Gasteiger partial charge in [0, 0.05) is 73.9 Å². The van der Waals surface area contributed by atoms with Gasteiger partial charge >= 0.3 is 6.18 Å². The van der Waals surface area contributed by atoms with E-state index in [0.29, 0.717) is 63.5 Å². The van der Waals surface area contributed by atoms with Crippen LogP contribution in [0.2, 0.25) is 0 Å². The summed E-state index contributed by atoms with van der Waals surface area (Å²) in [5.74, 6) is -0.539. The first-order valence-corrected chi connectivity index (χ1v) is 14.9. The predicted molar refractivity (Wildman–Crippen MR) is 160 cm³/mol. The Balaban J connectivity index is 1.16. The van der Waals surface area contributed by atoms with Crippen molar-refractivity contribution < 1.29 is 22.4 Å². The molecule has 2 fully saturated rings. The van der Waals surface area contributed by atoms with E-state index >= 15 is 4.39 Å². The van der Waals surface area contributed by atoms with Crippen molar-refractivity contribution in [3.05, 3.63) is 70.9 Å². The quantitative estimate of drug-likeness (QED) is 0.309. The Hall–Kier alpha value is -4.03. The lowest BCUT2D eigenvalue weighted by molar-refractivity contribution is -0.137. The summed E-state index contributed by atoms with van der Waals surface area (Å²) in [5, 5.41) is 0.598. The van der Waals surface area contributed by atoms with Crippen molar-refractivity contribution in [2.75, 3.05) is 50.4 Å². The number of hydrogen-bond donors (Lipinski definition) is 1. The number of nitrogen functional groups attached to an aromatic ring is 1. The van der Waals surface area contributed by atoms with Crippen LogP contribution in [-0.4, -0.2) is 70.0 Å². The molecule has 7 rings (SSSR count). The summed E-state index contributed by atoms with van der Waals surface area (Å²) in [7, 11) is 2.02. The Morgan fingerprint density at radius 3 is 2.48 bits per heavy atom. The van der Waals surface area contributed by atoms with Gasteiger partial charge < -0.3 is 20.1 Å². The third kappa shape index (κ3) is 5.30. The number of piperazine rings is 1. The lowest BCUT2D eigenvalue weighted by Crippen LogP contribution is -2.43. The number of anilines is 2. The number of fused-ring (bicyclic) bond motifs is 2. The average molecular weight is 608 g/mol. The molecule has 8 nitrogen and oxygen atoms in total. The highest BCUT2D eigenvalue weighted by Crippen LogP contribution is 2.44. The lowest BCUT2D eigenvalue weighted by Gasteiger charge is -2.32. The number of alkyl halides is 3. The van der Waals surface area contributed by atoms with Crippen molar-refractivity contribution in [1.29, 1.82) is 0 Å². The molecule has 0 spiro atoms. The van der Waals surface area contributed by atoms with Crippen LogP contribution in [0.5, 0.6) is 0 Å². The third-order valence-electron chi connectivity index (χ3n) is 9.00. The van der Waals surface area contributed by atoms with Crippen LogP contribution in [0.15, 0.2) is 42.9 Å². The van der Waals surface area contributed by atoms with Crippen molar-refractivity contribution in [3.63, 3.8) is 0 Å². The molecule has 2 aliphatic heterocycles. The van der Waals surface area contributed by atoms with E-state index in [2.05, 4.69) is 19.8 Å². The van der Waals surface area contributed by atoms with E-state index in [1.807, 2.05) is 17.8 Å². The van der Waals surface area contributed by atoms with Crippen LogP contribution in [0.25, 0.3) is 22.2 Å². The number of nitrogens with two attached hydrogens (primary N) is 1. The van der Waals surface area contributed by atoms with E-state index in [-0.39, 0.29) is 24.7 Å². The van der Waals surface area contributed by atoms with E-state index in [1.54, 1.807) is 18.2 Å². The molecule has 0 radical (unpaired) electrons. The van der Waals surface area contributed by atoms with Crippen LogP contribution in [0.3, 0.4) is 0 Å². The molecule has 12 heteroatoms. The molecule has 2 aromatic heterocycles. The zero-order valence-electron chi connectivity index (χ0n) is 24.4. The molecule has 0 bridgehead atoms. The number of benzene rings is 2. The SMILES string of the molecule is CN1CCN(Cc2cc(CC(=O)N3CCc4c3ccc(-c3cn(C5CC5)c5ncnc(N)c35)c4F)cc(C(F)(F)F)c2)CC1. The average Bonchev–Trinajstić information content (AvgIpc) is 3.60. The molecule has 0 atom stereocenters. The predicted octanol–water partition coefficient (Wildman–Crippen LogP) is 5.05. The molecule has 2 aromatic carbocycles. The fourth-order valence-electron chi connectivity index (χ4n) is 6.51. The molecule has 1 saturated heterocycles. The maximum atomic E-state index is 16.1. The maximum absolute atomic E-state index is 16.1. The van der Waals surface area contributed by atoms with Crippen LogP contribution in [0, 0.1) is 5.82 Å². The van der Waals surface area contributed by atoms with Gasteiger partial charge in [0.2, 0.25) is 5.91 Å². The van der Waals surface area contributed by atoms with E-state index < -0.39 is 17.6 Å². The van der Waals surface area contributed by atoms with E-state index in [9.17, 15) is 18.0 Å². The van der Waals surface area contributed by atoms with Crippen LogP contribution in [0.4, 0.5) is 29.1 Å². The zero-order chi connectivity index (χ0) is 30.7. The smallest absolute Gasteiger partial charge is 0.383 e. The van der Waals surface area contributed by atoms with Gasteiger partial charge in [-0.2, -0.15) is 13.2 Å². The highest BCUT2D eigenvalue weighted by molar-refractivity contribution is 6.02. The maximum Gasteiger partial charge on any atom is 0.416 e. The minimum absolute atomic E-state index is 0.217. The number of rotatable bonds is 6. The Morgan fingerprint density at radius 2 is 1.75 bits per heavy atom. The molecule has 230 valence electrons. The molecule has 3 aliphatic rings. The number of amides is 1. The molecule has 1 aliphatic carbocycles. The normalized spacial score (nSPS) is 17.9. The highest BCUT2D eigenvalue weighted by Gasteiger charge is 2.34. The summed E-state index contributed by atoms with van der Waals surface area (Å²) in [6.07, 6.45) is 0.857. The van der Waals surface area contributed by atoms with Crippen LogP contribution >= 0.6 is 0 Å². The van der Waals surface area contributed by atoms with Gasteiger partial charge in [0.1, 0.15) is 23.6 Å². The standard InChI is InChI=1S/C32H33F4N7O/c1-40-8-10-41(11-9-40)16-20-12-19(13-21(14-20)32(34,35)36)15-27(44)42-7-6-24-26(42)5-4-23(29(24)33)25-17-43(22-2-3-22)31-28(25)30(37)38-18-39-31/h4-5,12-14,17-18,22H,2-3,6-11,15-16H2,1H3,(H2,37,38,39). The molecule has 2 N–H and O–H groups in total. The minimum Gasteiger partial charge on any atom is -0.383 e. The van der Waals surface area contributed by atoms with Gasteiger partial charge in [-0.25, -0.2) is 14.4 Å². The molecule has 44 heavy (non-hydrogen) atoms. The summed E-state index contributed by atoms with van der Waals surface area (Å²) >= 11 is 0. The molecule has 4 heterocycles. The Bertz CT molecular complexity index is 1760. The Morgan fingerprint density at radius 1 is 1.00 bits per heavy atom. The molecule has 4 aromatic rings. The summed E-state index contributed by atoms with van der Waals surface area (Å²) in [5.41, 5.74) is 8.74. The summed E-state index contributed by atoms with van der Waals surface area (Å²) in [6.45, 7) is 3.85. The zero-order valence-corrected chi connectivity index (χ0v) is 24.4. The van der Waals surface area contributed by atoms with Crippen molar-refractivity contribution in [1.82, 2.24) is 24.3 Å². The second-order valence-electron chi connectivity index (χ2n) is 12.2. The van der Waals surface area contributed by atoms with Crippen molar-refractivity contribution in [2.45, 2.75) is 44.4 Å². The molecular weight excluding hydrogens is 574 g/mol. The topological polar surface area (TPSA) is 83.5 Å². The number of hydrogen-bond acceptors (Lipinski definition) is 6. The van der Waals surface area contributed by atoms with Crippen molar-refractivity contribution >= 4 is 28.4 Å². The number of nitrogens with zero attached hydrogens (tertiary/aromatic N) is 6. The molecular formula is C32H33F4N7O. The number of aromatic nitrogens is 3. The number of likely N-dealkylation sites (N-methyl/N-ethyl adjacent to an activating group) is 1. The number of halogens is 4. The van der Waals surface area contributed by atoms with Gasteiger partial charge in [0.25, 0.3) is 0 Å². The number of carbonyl (C=O) groups excluding carboxylic acids is 1. The Kier molecular flexibility index (Phi) is 7.08. The highest BCUT2D eigenvalue weighted by atomic mass is 19.4. The molecule has 0 unspecified atom stereocenters. The molecule has 1 saturated carbocycles. The third-order valence-corrected chi connectivity index (χ3v) is 9.00.